The van der Waals surface area contributed by atoms with E-state index in [0.717, 1.165) is 6.42 Å². The lowest BCUT2D eigenvalue weighted by atomic mass is 9.58. The van der Waals surface area contributed by atoms with Crippen LogP contribution in [0.2, 0.25) is 0 Å². The van der Waals surface area contributed by atoms with E-state index in [2.05, 4.69) is 56.1 Å². The fraction of sp³-hybridized carbons (Fsp3) is 0.500. The van der Waals surface area contributed by atoms with Gasteiger partial charge in [0.05, 0.1) is 0 Å². The third kappa shape index (κ3) is 1.56. The van der Waals surface area contributed by atoms with Gasteiger partial charge in [0.1, 0.15) is 0 Å². The SMILES string of the molecule is C=CC[C@@H]1N[C@H]2CC(C)(C)[C@@H]1c1ccccc12. The van der Waals surface area contributed by atoms with Crippen LogP contribution in [0.3, 0.4) is 0 Å². The van der Waals surface area contributed by atoms with Gasteiger partial charge in [0.15, 0.2) is 0 Å². The van der Waals surface area contributed by atoms with Crippen LogP contribution in [-0.4, -0.2) is 6.04 Å². The van der Waals surface area contributed by atoms with Crippen molar-refractivity contribution in [3.8, 4) is 0 Å². The normalized spacial score (nSPS) is 33.2. The Morgan fingerprint density at radius 1 is 1.35 bits per heavy atom. The Morgan fingerprint density at radius 3 is 2.76 bits per heavy atom. The van der Waals surface area contributed by atoms with Gasteiger partial charge in [-0.25, -0.2) is 0 Å². The molecule has 4 rings (SSSR count). The van der Waals surface area contributed by atoms with Gasteiger partial charge in [0.2, 0.25) is 0 Å². The molecule has 1 fully saturated rings. The molecule has 1 aliphatic carbocycles. The highest BCUT2D eigenvalue weighted by atomic mass is 15.0. The molecule has 0 saturated carbocycles. The summed E-state index contributed by atoms with van der Waals surface area (Å²) in [5.74, 6) is 0.627. The average molecular weight is 227 g/mol. The van der Waals surface area contributed by atoms with Crippen LogP contribution in [0.5, 0.6) is 0 Å². The van der Waals surface area contributed by atoms with Crippen LogP contribution in [0, 0.1) is 5.41 Å². The summed E-state index contributed by atoms with van der Waals surface area (Å²) in [5, 5.41) is 3.79. The predicted molar refractivity (Wildman–Crippen MR) is 72.1 cm³/mol. The van der Waals surface area contributed by atoms with Crippen molar-refractivity contribution in [2.24, 2.45) is 5.41 Å². The van der Waals surface area contributed by atoms with Crippen LogP contribution >= 0.6 is 0 Å². The first-order chi connectivity index (χ1) is 8.13. The maximum absolute atomic E-state index is 3.90. The van der Waals surface area contributed by atoms with E-state index < -0.39 is 0 Å². The Labute approximate surface area is 104 Å². The van der Waals surface area contributed by atoms with Crippen molar-refractivity contribution in [3.05, 3.63) is 48.0 Å². The molecule has 1 N–H and O–H groups in total. The largest absolute Gasteiger partial charge is 0.306 e. The van der Waals surface area contributed by atoms with Gasteiger partial charge < -0.3 is 5.32 Å². The van der Waals surface area contributed by atoms with Crippen LogP contribution in [0.1, 0.15) is 49.8 Å². The lowest BCUT2D eigenvalue weighted by Gasteiger charge is -2.54. The summed E-state index contributed by atoms with van der Waals surface area (Å²) in [7, 11) is 0. The molecule has 3 aliphatic rings. The third-order valence-corrected chi connectivity index (χ3v) is 4.52. The highest BCUT2D eigenvalue weighted by Gasteiger charge is 2.48. The van der Waals surface area contributed by atoms with Gasteiger partial charge in [0, 0.05) is 18.0 Å². The molecule has 3 atom stereocenters. The number of piperidine rings is 1. The fourth-order valence-electron chi connectivity index (χ4n) is 3.94. The zero-order valence-electron chi connectivity index (χ0n) is 10.7. The quantitative estimate of drug-likeness (QED) is 0.758. The molecule has 1 aromatic rings. The molecular weight excluding hydrogens is 206 g/mol. The molecule has 0 unspecified atom stereocenters. The van der Waals surface area contributed by atoms with E-state index in [-0.39, 0.29) is 0 Å². The van der Waals surface area contributed by atoms with Gasteiger partial charge in [-0.05, 0) is 29.4 Å². The van der Waals surface area contributed by atoms with Gasteiger partial charge >= 0.3 is 0 Å². The fourth-order valence-corrected chi connectivity index (χ4v) is 3.94. The summed E-state index contributed by atoms with van der Waals surface area (Å²) in [6.07, 6.45) is 4.37. The monoisotopic (exact) mass is 227 g/mol. The molecule has 0 radical (unpaired) electrons. The highest BCUT2D eigenvalue weighted by Crippen LogP contribution is 2.55. The van der Waals surface area contributed by atoms with Crippen molar-refractivity contribution >= 4 is 0 Å². The van der Waals surface area contributed by atoms with Crippen molar-refractivity contribution in [1.29, 1.82) is 0 Å². The standard InChI is InChI=1S/C16H21N/c1-4-7-13-15-12-9-6-5-8-11(12)14(17-13)10-16(15,2)3/h4-6,8-9,13-15,17H,1,7,10H2,2-3H3/t13-,14-,15+/m0/s1. The van der Waals surface area contributed by atoms with Crippen molar-refractivity contribution in [2.75, 3.05) is 0 Å². The summed E-state index contributed by atoms with van der Waals surface area (Å²) in [4.78, 5) is 0. The Kier molecular flexibility index (Phi) is 2.41. The topological polar surface area (TPSA) is 12.0 Å². The number of fused-ring (bicyclic) bond motifs is 2. The molecule has 0 spiro atoms. The molecule has 90 valence electrons. The van der Waals surface area contributed by atoms with Gasteiger partial charge in [-0.2, -0.15) is 0 Å². The molecule has 0 aromatic heterocycles. The van der Waals surface area contributed by atoms with E-state index in [9.17, 15) is 0 Å². The second-order valence-corrected chi connectivity index (χ2v) is 6.15. The van der Waals surface area contributed by atoms with Crippen molar-refractivity contribution in [2.45, 2.75) is 44.7 Å². The Bertz CT molecular complexity index is 447. The van der Waals surface area contributed by atoms with E-state index in [1.165, 1.54) is 12.0 Å². The first kappa shape index (κ1) is 11.0. The molecule has 1 nitrogen and oxygen atoms in total. The average Bonchev–Trinajstić information content (AvgIpc) is 2.28. The number of hydrogen-bond acceptors (Lipinski definition) is 1. The number of benzene rings is 1. The van der Waals surface area contributed by atoms with Crippen LogP contribution < -0.4 is 5.32 Å². The van der Waals surface area contributed by atoms with Crippen LogP contribution in [0.25, 0.3) is 0 Å². The zero-order chi connectivity index (χ0) is 12.0. The number of hydrogen-bond donors (Lipinski definition) is 1. The minimum atomic E-state index is 0.401. The first-order valence-electron chi connectivity index (χ1n) is 6.59. The summed E-state index contributed by atoms with van der Waals surface area (Å²) in [5.41, 5.74) is 3.49. The second-order valence-electron chi connectivity index (χ2n) is 6.15. The summed E-state index contributed by atoms with van der Waals surface area (Å²) in [6, 6.07) is 10.1. The third-order valence-electron chi connectivity index (χ3n) is 4.52. The van der Waals surface area contributed by atoms with Crippen LogP contribution in [0.4, 0.5) is 0 Å². The van der Waals surface area contributed by atoms with E-state index in [0.29, 0.717) is 23.4 Å². The maximum atomic E-state index is 3.90. The number of rotatable bonds is 2. The Hall–Kier alpha value is -1.08. The van der Waals surface area contributed by atoms with Crippen molar-refractivity contribution < 1.29 is 0 Å². The lowest BCUT2D eigenvalue weighted by Crippen LogP contribution is -2.54. The smallest absolute Gasteiger partial charge is 0.0331 e. The summed E-state index contributed by atoms with van der Waals surface area (Å²) < 4.78 is 0. The number of nitrogens with one attached hydrogen (secondary N) is 1. The van der Waals surface area contributed by atoms with Gasteiger partial charge in [-0.3, -0.25) is 0 Å². The lowest BCUT2D eigenvalue weighted by molar-refractivity contribution is 0.105. The van der Waals surface area contributed by atoms with Gasteiger partial charge in [-0.1, -0.05) is 44.2 Å². The van der Waals surface area contributed by atoms with Crippen molar-refractivity contribution in [3.63, 3.8) is 0 Å². The Morgan fingerprint density at radius 2 is 2.06 bits per heavy atom. The zero-order valence-corrected chi connectivity index (χ0v) is 10.7. The molecule has 0 amide bonds. The van der Waals surface area contributed by atoms with E-state index in [1.807, 2.05) is 0 Å². The van der Waals surface area contributed by atoms with Gasteiger partial charge in [-0.15, -0.1) is 6.58 Å². The Balaban J connectivity index is 2.10. The van der Waals surface area contributed by atoms with Crippen molar-refractivity contribution in [1.82, 2.24) is 5.32 Å². The second kappa shape index (κ2) is 3.71. The molecule has 1 aromatic carbocycles. The first-order valence-corrected chi connectivity index (χ1v) is 6.59. The molecule has 17 heavy (non-hydrogen) atoms. The maximum Gasteiger partial charge on any atom is 0.0331 e. The minimum absolute atomic E-state index is 0.401. The highest BCUT2D eigenvalue weighted by molar-refractivity contribution is 5.41. The predicted octanol–water partition coefficient (Wildman–Crippen LogP) is 3.79. The molecule has 2 bridgehead atoms. The minimum Gasteiger partial charge on any atom is -0.306 e. The van der Waals surface area contributed by atoms with E-state index in [1.54, 1.807) is 5.56 Å². The molecule has 1 heteroatoms. The van der Waals surface area contributed by atoms with Crippen LogP contribution in [0.15, 0.2) is 36.9 Å². The summed E-state index contributed by atoms with van der Waals surface area (Å²) in [6.45, 7) is 8.73. The van der Waals surface area contributed by atoms with E-state index in [4.69, 9.17) is 0 Å². The molecule has 1 saturated heterocycles. The molecule has 2 heterocycles. The van der Waals surface area contributed by atoms with E-state index >= 15 is 0 Å². The molecular formula is C16H21N. The molecule has 2 aliphatic heterocycles. The van der Waals surface area contributed by atoms with Crippen LogP contribution in [-0.2, 0) is 0 Å². The summed E-state index contributed by atoms with van der Waals surface area (Å²) >= 11 is 0. The van der Waals surface area contributed by atoms with Gasteiger partial charge in [0.25, 0.3) is 0 Å².